The predicted molar refractivity (Wildman–Crippen MR) is 86.8 cm³/mol. The van der Waals surface area contributed by atoms with Crippen LogP contribution in [0.5, 0.6) is 0 Å². The van der Waals surface area contributed by atoms with Gasteiger partial charge in [-0.15, -0.1) is 0 Å². The second-order valence-electron chi connectivity index (χ2n) is 5.19. The van der Waals surface area contributed by atoms with Crippen molar-refractivity contribution in [3.05, 3.63) is 40.6 Å². The first kappa shape index (κ1) is 14.1. The second kappa shape index (κ2) is 5.48. The van der Waals surface area contributed by atoms with Crippen molar-refractivity contribution >= 4 is 32.7 Å². The lowest BCUT2D eigenvalue weighted by Crippen LogP contribution is -2.32. The molecular formula is C16H17BrN3O+. The number of oxazole rings is 1. The van der Waals surface area contributed by atoms with Gasteiger partial charge in [0.2, 0.25) is 5.89 Å². The SMILES string of the molecule is CCC[n+]1cc(Br)cc(-c2nc3cc(N)cc(C)c3o2)c1. The largest absolute Gasteiger partial charge is 0.436 e. The van der Waals surface area contributed by atoms with Crippen molar-refractivity contribution in [1.29, 1.82) is 0 Å². The molecule has 0 saturated heterocycles. The number of halogens is 1. The molecule has 0 radical (unpaired) electrons. The van der Waals surface area contributed by atoms with Crippen LogP contribution >= 0.6 is 15.9 Å². The second-order valence-corrected chi connectivity index (χ2v) is 6.10. The summed E-state index contributed by atoms with van der Waals surface area (Å²) in [5, 5.41) is 0. The number of aryl methyl sites for hydroxylation is 2. The van der Waals surface area contributed by atoms with E-state index in [1.807, 2.05) is 25.1 Å². The van der Waals surface area contributed by atoms with Gasteiger partial charge in [-0.1, -0.05) is 6.92 Å². The fourth-order valence-electron chi connectivity index (χ4n) is 2.45. The zero-order valence-corrected chi connectivity index (χ0v) is 13.6. The Morgan fingerprint density at radius 1 is 1.29 bits per heavy atom. The summed E-state index contributed by atoms with van der Waals surface area (Å²) >= 11 is 3.54. The Hall–Kier alpha value is -1.88. The van der Waals surface area contributed by atoms with Crippen LogP contribution in [0.3, 0.4) is 0 Å². The highest BCUT2D eigenvalue weighted by Crippen LogP contribution is 2.28. The Balaban J connectivity index is 2.14. The number of hydrogen-bond acceptors (Lipinski definition) is 3. The molecule has 0 amide bonds. The lowest BCUT2D eigenvalue weighted by molar-refractivity contribution is -0.697. The number of fused-ring (bicyclic) bond motifs is 1. The summed E-state index contributed by atoms with van der Waals surface area (Å²) < 4.78 is 9.07. The maximum absolute atomic E-state index is 5.93. The summed E-state index contributed by atoms with van der Waals surface area (Å²) in [5.41, 5.74) is 10.1. The van der Waals surface area contributed by atoms with Gasteiger partial charge >= 0.3 is 0 Å². The lowest BCUT2D eigenvalue weighted by atomic mass is 10.2. The monoisotopic (exact) mass is 346 g/mol. The molecule has 0 bridgehead atoms. The third-order valence-electron chi connectivity index (χ3n) is 3.31. The quantitative estimate of drug-likeness (QED) is 0.578. The molecule has 1 aromatic carbocycles. The van der Waals surface area contributed by atoms with Gasteiger partial charge in [-0.3, -0.25) is 0 Å². The molecule has 0 aliphatic carbocycles. The zero-order valence-electron chi connectivity index (χ0n) is 12.1. The van der Waals surface area contributed by atoms with Gasteiger partial charge in [0.15, 0.2) is 18.0 Å². The van der Waals surface area contributed by atoms with E-state index in [1.165, 1.54) is 0 Å². The van der Waals surface area contributed by atoms with Gasteiger partial charge in [0.1, 0.15) is 17.6 Å². The van der Waals surface area contributed by atoms with Crippen molar-refractivity contribution in [2.45, 2.75) is 26.8 Å². The van der Waals surface area contributed by atoms with E-state index in [2.05, 4.69) is 44.8 Å². The minimum absolute atomic E-state index is 0.616. The standard InChI is InChI=1S/C16H17BrN3O/c1-3-4-20-8-11(6-12(17)9-20)16-19-14-7-13(18)5-10(2)15(14)21-16/h5-9H,3-4,18H2,1-2H3/q+1. The first-order valence-electron chi connectivity index (χ1n) is 6.93. The van der Waals surface area contributed by atoms with E-state index in [0.717, 1.165) is 39.7 Å². The molecule has 0 fully saturated rings. The topological polar surface area (TPSA) is 55.9 Å². The summed E-state index contributed by atoms with van der Waals surface area (Å²) in [5.74, 6) is 0.616. The van der Waals surface area contributed by atoms with Gasteiger partial charge in [0.05, 0.1) is 4.47 Å². The third-order valence-corrected chi connectivity index (χ3v) is 3.75. The van der Waals surface area contributed by atoms with E-state index >= 15 is 0 Å². The molecule has 0 atom stereocenters. The zero-order chi connectivity index (χ0) is 15.0. The number of nitrogens with two attached hydrogens (primary N) is 1. The van der Waals surface area contributed by atoms with Crippen LogP contribution in [0, 0.1) is 6.92 Å². The maximum atomic E-state index is 5.93. The Morgan fingerprint density at radius 3 is 2.86 bits per heavy atom. The number of anilines is 1. The van der Waals surface area contributed by atoms with Crippen LogP contribution < -0.4 is 10.3 Å². The van der Waals surface area contributed by atoms with E-state index in [4.69, 9.17) is 10.2 Å². The summed E-state index contributed by atoms with van der Waals surface area (Å²) in [6, 6.07) is 5.75. The smallest absolute Gasteiger partial charge is 0.233 e. The van der Waals surface area contributed by atoms with Crippen LogP contribution in [0.4, 0.5) is 5.69 Å². The minimum Gasteiger partial charge on any atom is -0.436 e. The molecule has 5 heteroatoms. The first-order valence-corrected chi connectivity index (χ1v) is 7.73. The van der Waals surface area contributed by atoms with Crippen molar-refractivity contribution in [3.8, 4) is 11.5 Å². The molecule has 2 heterocycles. The molecule has 108 valence electrons. The Bertz CT molecular complexity index is 811. The molecule has 3 rings (SSSR count). The van der Waals surface area contributed by atoms with E-state index in [-0.39, 0.29) is 0 Å². The molecule has 2 aromatic heterocycles. The molecule has 0 aliphatic heterocycles. The Labute approximate surface area is 131 Å². The highest BCUT2D eigenvalue weighted by Gasteiger charge is 2.15. The predicted octanol–water partition coefficient (Wildman–Crippen LogP) is 3.85. The number of aromatic nitrogens is 2. The average molecular weight is 347 g/mol. The van der Waals surface area contributed by atoms with Crippen molar-refractivity contribution in [3.63, 3.8) is 0 Å². The molecular weight excluding hydrogens is 330 g/mol. The molecule has 4 nitrogen and oxygen atoms in total. The first-order chi connectivity index (χ1) is 10.1. The van der Waals surface area contributed by atoms with Crippen LogP contribution in [0.2, 0.25) is 0 Å². The van der Waals surface area contributed by atoms with E-state index < -0.39 is 0 Å². The molecule has 3 aromatic rings. The van der Waals surface area contributed by atoms with Crippen molar-refractivity contribution in [2.24, 2.45) is 0 Å². The van der Waals surface area contributed by atoms with Crippen LogP contribution in [0.15, 0.2) is 39.5 Å². The van der Waals surface area contributed by atoms with Gasteiger partial charge < -0.3 is 10.2 Å². The molecule has 0 unspecified atom stereocenters. The summed E-state index contributed by atoms with van der Waals surface area (Å²) in [6.07, 6.45) is 5.18. The van der Waals surface area contributed by atoms with E-state index in [1.54, 1.807) is 0 Å². The maximum Gasteiger partial charge on any atom is 0.233 e. The number of pyridine rings is 1. The van der Waals surface area contributed by atoms with Crippen LogP contribution in [0.1, 0.15) is 18.9 Å². The summed E-state index contributed by atoms with van der Waals surface area (Å²) in [4.78, 5) is 4.57. The van der Waals surface area contributed by atoms with E-state index in [0.29, 0.717) is 11.6 Å². The lowest BCUT2D eigenvalue weighted by Gasteiger charge is -1.98. The van der Waals surface area contributed by atoms with Crippen LogP contribution in [-0.4, -0.2) is 4.98 Å². The molecule has 0 aliphatic rings. The van der Waals surface area contributed by atoms with Gasteiger partial charge in [-0.2, -0.15) is 0 Å². The van der Waals surface area contributed by atoms with Crippen LogP contribution in [-0.2, 0) is 6.54 Å². The van der Waals surface area contributed by atoms with Crippen molar-refractivity contribution < 1.29 is 8.98 Å². The highest BCUT2D eigenvalue weighted by molar-refractivity contribution is 9.10. The number of nitrogen functional groups attached to an aromatic ring is 1. The van der Waals surface area contributed by atoms with Gasteiger partial charge in [-0.25, -0.2) is 9.55 Å². The normalized spacial score (nSPS) is 11.2. The van der Waals surface area contributed by atoms with Gasteiger partial charge in [-0.05, 0) is 46.6 Å². The molecule has 2 N–H and O–H groups in total. The van der Waals surface area contributed by atoms with Crippen molar-refractivity contribution in [1.82, 2.24) is 4.98 Å². The fourth-order valence-corrected chi connectivity index (χ4v) is 2.96. The minimum atomic E-state index is 0.616. The third kappa shape index (κ3) is 2.78. The Morgan fingerprint density at radius 2 is 2.10 bits per heavy atom. The van der Waals surface area contributed by atoms with E-state index in [9.17, 15) is 0 Å². The summed E-state index contributed by atoms with van der Waals surface area (Å²) in [6.45, 7) is 5.09. The van der Waals surface area contributed by atoms with Gasteiger partial charge in [0, 0.05) is 12.1 Å². The number of nitrogens with zero attached hydrogens (tertiary/aromatic N) is 2. The van der Waals surface area contributed by atoms with Crippen molar-refractivity contribution in [2.75, 3.05) is 5.73 Å². The number of rotatable bonds is 3. The highest BCUT2D eigenvalue weighted by atomic mass is 79.9. The fraction of sp³-hybridized carbons (Fsp3) is 0.250. The number of benzene rings is 1. The summed E-state index contributed by atoms with van der Waals surface area (Å²) in [7, 11) is 0. The van der Waals surface area contributed by atoms with Gasteiger partial charge in [0.25, 0.3) is 0 Å². The average Bonchev–Trinajstić information content (AvgIpc) is 2.82. The Kier molecular flexibility index (Phi) is 3.68. The number of hydrogen-bond donors (Lipinski definition) is 1. The molecule has 0 spiro atoms. The molecule has 0 saturated carbocycles. The van der Waals surface area contributed by atoms with Crippen LogP contribution in [0.25, 0.3) is 22.6 Å². The molecule has 21 heavy (non-hydrogen) atoms.